The fraction of sp³-hybridized carbons (Fsp3) is 0.583. The molecule has 0 atom stereocenters. The molecule has 94 valence electrons. The lowest BCUT2D eigenvalue weighted by atomic mass is 10.3. The molecule has 1 aromatic rings. The molecule has 1 amide bonds. The van der Waals surface area contributed by atoms with E-state index >= 15 is 0 Å². The van der Waals surface area contributed by atoms with Gasteiger partial charge < -0.3 is 14.6 Å². The van der Waals surface area contributed by atoms with Crippen molar-refractivity contribution in [1.82, 2.24) is 15.1 Å². The summed E-state index contributed by atoms with van der Waals surface area (Å²) in [6, 6.07) is 3.43. The van der Waals surface area contributed by atoms with E-state index < -0.39 is 0 Å². The van der Waals surface area contributed by atoms with Crippen LogP contribution < -0.4 is 5.32 Å². The molecule has 17 heavy (non-hydrogen) atoms. The summed E-state index contributed by atoms with van der Waals surface area (Å²) in [5, 5.41) is 3.31. The minimum Gasteiger partial charge on any atom is -0.459 e. The summed E-state index contributed by atoms with van der Waals surface area (Å²) in [6.45, 7) is 5.85. The smallest absolute Gasteiger partial charge is 0.289 e. The van der Waals surface area contributed by atoms with Crippen LogP contribution in [0, 0.1) is 0 Å². The summed E-state index contributed by atoms with van der Waals surface area (Å²) in [5.41, 5.74) is 0. The maximum Gasteiger partial charge on any atom is 0.289 e. The summed E-state index contributed by atoms with van der Waals surface area (Å²) >= 11 is 0. The first-order chi connectivity index (χ1) is 8.27. The molecule has 2 heterocycles. The van der Waals surface area contributed by atoms with Crippen molar-refractivity contribution in [1.29, 1.82) is 0 Å². The van der Waals surface area contributed by atoms with Crippen molar-refractivity contribution in [2.75, 3.05) is 46.3 Å². The summed E-state index contributed by atoms with van der Waals surface area (Å²) in [6.07, 6.45) is 1.53. The summed E-state index contributed by atoms with van der Waals surface area (Å²) < 4.78 is 5.09. The third-order valence-electron chi connectivity index (χ3n) is 3.04. The van der Waals surface area contributed by atoms with Crippen LogP contribution in [0.3, 0.4) is 0 Å². The molecule has 1 fully saturated rings. The van der Waals surface area contributed by atoms with E-state index in [9.17, 15) is 4.79 Å². The van der Waals surface area contributed by atoms with Crippen LogP contribution in [0.15, 0.2) is 22.8 Å². The highest BCUT2D eigenvalue weighted by molar-refractivity contribution is 5.91. The highest BCUT2D eigenvalue weighted by Gasteiger charge is 2.16. The Morgan fingerprint density at radius 1 is 1.53 bits per heavy atom. The Kier molecular flexibility index (Phi) is 4.17. The second-order valence-corrected chi connectivity index (χ2v) is 4.30. The van der Waals surface area contributed by atoms with E-state index in [1.807, 2.05) is 7.05 Å². The normalized spacial score (nSPS) is 17.0. The zero-order valence-corrected chi connectivity index (χ0v) is 10.2. The molecule has 2 rings (SSSR count). The Bertz CT molecular complexity index is 345. The zero-order chi connectivity index (χ0) is 12.1. The quantitative estimate of drug-likeness (QED) is 0.816. The van der Waals surface area contributed by atoms with Crippen LogP contribution in [0.4, 0.5) is 0 Å². The predicted molar refractivity (Wildman–Crippen MR) is 65.0 cm³/mol. The number of hydrogen-bond acceptors (Lipinski definition) is 4. The first kappa shape index (κ1) is 12.1. The molecular weight excluding hydrogens is 218 g/mol. The minimum atomic E-state index is -0.0508. The molecule has 1 saturated heterocycles. The first-order valence-electron chi connectivity index (χ1n) is 5.99. The lowest BCUT2D eigenvalue weighted by Gasteiger charge is -2.28. The summed E-state index contributed by atoms with van der Waals surface area (Å²) in [5.74, 6) is 0.359. The number of nitrogens with one attached hydrogen (secondary N) is 1. The standard InChI is InChI=1S/C12H19N3O2/c1-14(12(16)11-3-2-10-17-11)8-9-15-6-4-13-5-7-15/h2-3,10,13H,4-9H2,1H3. The third-order valence-corrected chi connectivity index (χ3v) is 3.04. The Labute approximate surface area is 101 Å². The summed E-state index contributed by atoms with van der Waals surface area (Å²) in [4.78, 5) is 16.0. The van der Waals surface area contributed by atoms with E-state index in [-0.39, 0.29) is 5.91 Å². The molecule has 5 heteroatoms. The molecule has 0 saturated carbocycles. The molecule has 0 bridgehead atoms. The van der Waals surface area contributed by atoms with Gasteiger partial charge >= 0.3 is 0 Å². The molecule has 1 aromatic heterocycles. The molecule has 1 aliphatic rings. The van der Waals surface area contributed by atoms with Crippen molar-refractivity contribution >= 4 is 5.91 Å². The largest absolute Gasteiger partial charge is 0.459 e. The van der Waals surface area contributed by atoms with Crippen LogP contribution in [-0.2, 0) is 0 Å². The van der Waals surface area contributed by atoms with E-state index in [1.165, 1.54) is 6.26 Å². The van der Waals surface area contributed by atoms with Gasteiger partial charge in [0.25, 0.3) is 5.91 Å². The number of amides is 1. The Balaban J connectivity index is 1.76. The van der Waals surface area contributed by atoms with Crippen molar-refractivity contribution in [2.24, 2.45) is 0 Å². The molecule has 0 aromatic carbocycles. The van der Waals surface area contributed by atoms with Gasteiger partial charge in [-0.3, -0.25) is 9.69 Å². The molecule has 1 N–H and O–H groups in total. The van der Waals surface area contributed by atoms with Crippen LogP contribution in [0.1, 0.15) is 10.6 Å². The lowest BCUT2D eigenvalue weighted by molar-refractivity contribution is 0.0743. The van der Waals surface area contributed by atoms with Crippen LogP contribution in [-0.4, -0.2) is 62.0 Å². The van der Waals surface area contributed by atoms with Gasteiger partial charge in [-0.1, -0.05) is 0 Å². The molecule has 0 unspecified atom stereocenters. The SMILES string of the molecule is CN(CCN1CCNCC1)C(=O)c1ccco1. The number of hydrogen-bond donors (Lipinski definition) is 1. The first-order valence-corrected chi connectivity index (χ1v) is 5.99. The fourth-order valence-corrected chi connectivity index (χ4v) is 1.92. The second-order valence-electron chi connectivity index (χ2n) is 4.30. The molecule has 5 nitrogen and oxygen atoms in total. The average molecular weight is 237 g/mol. The lowest BCUT2D eigenvalue weighted by Crippen LogP contribution is -2.46. The van der Waals surface area contributed by atoms with Gasteiger partial charge in [0, 0.05) is 46.3 Å². The predicted octanol–water partition coefficient (Wildman–Crippen LogP) is 0.257. The maximum absolute atomic E-state index is 11.9. The van der Waals surface area contributed by atoms with Crippen molar-refractivity contribution in [3.63, 3.8) is 0 Å². The second kappa shape index (κ2) is 5.84. The highest BCUT2D eigenvalue weighted by Crippen LogP contribution is 2.04. The van der Waals surface area contributed by atoms with Gasteiger partial charge in [-0.05, 0) is 12.1 Å². The number of likely N-dealkylation sites (N-methyl/N-ethyl adjacent to an activating group) is 1. The minimum absolute atomic E-state index is 0.0508. The van der Waals surface area contributed by atoms with Crippen LogP contribution in [0.5, 0.6) is 0 Å². The van der Waals surface area contributed by atoms with Crippen molar-refractivity contribution < 1.29 is 9.21 Å². The van der Waals surface area contributed by atoms with Crippen molar-refractivity contribution in [3.8, 4) is 0 Å². The molecule has 0 spiro atoms. The van der Waals surface area contributed by atoms with Crippen LogP contribution >= 0.6 is 0 Å². The topological polar surface area (TPSA) is 48.7 Å². The Hall–Kier alpha value is -1.33. The van der Waals surface area contributed by atoms with Gasteiger partial charge in [0.1, 0.15) is 0 Å². The van der Waals surface area contributed by atoms with Gasteiger partial charge in [0.15, 0.2) is 5.76 Å². The van der Waals surface area contributed by atoms with Crippen molar-refractivity contribution in [3.05, 3.63) is 24.2 Å². The van der Waals surface area contributed by atoms with Crippen molar-refractivity contribution in [2.45, 2.75) is 0 Å². The molecule has 0 radical (unpaired) electrons. The third kappa shape index (κ3) is 3.31. The van der Waals surface area contributed by atoms with E-state index in [4.69, 9.17) is 4.42 Å². The van der Waals surface area contributed by atoms with Gasteiger partial charge in [0.2, 0.25) is 0 Å². The van der Waals surface area contributed by atoms with Crippen LogP contribution in [0.25, 0.3) is 0 Å². The van der Waals surface area contributed by atoms with E-state index in [0.29, 0.717) is 5.76 Å². The number of carbonyl (C=O) groups is 1. The van der Waals surface area contributed by atoms with E-state index in [0.717, 1.165) is 39.3 Å². The molecular formula is C12H19N3O2. The zero-order valence-electron chi connectivity index (χ0n) is 10.2. The summed E-state index contributed by atoms with van der Waals surface area (Å²) in [7, 11) is 1.81. The Morgan fingerprint density at radius 2 is 2.29 bits per heavy atom. The molecule has 1 aliphatic heterocycles. The van der Waals surface area contributed by atoms with E-state index in [1.54, 1.807) is 17.0 Å². The number of furan rings is 1. The number of piperazine rings is 1. The number of nitrogens with zero attached hydrogens (tertiary/aromatic N) is 2. The van der Waals surface area contributed by atoms with Crippen LogP contribution in [0.2, 0.25) is 0 Å². The monoisotopic (exact) mass is 237 g/mol. The van der Waals surface area contributed by atoms with Gasteiger partial charge in [-0.15, -0.1) is 0 Å². The number of rotatable bonds is 4. The maximum atomic E-state index is 11.9. The van der Waals surface area contributed by atoms with Gasteiger partial charge in [-0.25, -0.2) is 0 Å². The van der Waals surface area contributed by atoms with Gasteiger partial charge in [-0.2, -0.15) is 0 Å². The van der Waals surface area contributed by atoms with E-state index in [2.05, 4.69) is 10.2 Å². The van der Waals surface area contributed by atoms with Gasteiger partial charge in [0.05, 0.1) is 6.26 Å². The average Bonchev–Trinajstić information content (AvgIpc) is 2.90. The molecule has 0 aliphatic carbocycles. The highest BCUT2D eigenvalue weighted by atomic mass is 16.3. The Morgan fingerprint density at radius 3 is 2.94 bits per heavy atom. The number of carbonyl (C=O) groups excluding carboxylic acids is 1. The fourth-order valence-electron chi connectivity index (χ4n) is 1.92.